The molecular weight excluding hydrogens is 236 g/mol. The summed E-state index contributed by atoms with van der Waals surface area (Å²) in [7, 11) is 1.25. The highest BCUT2D eigenvalue weighted by Crippen LogP contribution is 2.07. The van der Waals surface area contributed by atoms with Crippen LogP contribution in [0.3, 0.4) is 0 Å². The van der Waals surface area contributed by atoms with Crippen molar-refractivity contribution in [2.75, 3.05) is 7.11 Å². The fourth-order valence-electron chi connectivity index (χ4n) is 1.24. The number of esters is 1. The summed E-state index contributed by atoms with van der Waals surface area (Å²) in [6.45, 7) is 7.34. The molecule has 1 N–H and O–H groups in total. The van der Waals surface area contributed by atoms with Crippen LogP contribution in [-0.4, -0.2) is 39.3 Å². The van der Waals surface area contributed by atoms with Crippen LogP contribution in [0, 0.1) is 0 Å². The first-order valence-electron chi connectivity index (χ1n) is 5.56. The molecule has 1 atom stereocenters. The molecule has 0 fully saturated rings. The molecule has 0 bridgehead atoms. The molecule has 1 unspecified atom stereocenters. The maximum Gasteiger partial charge on any atom is 0.377 e. The van der Waals surface area contributed by atoms with Gasteiger partial charge in [0.1, 0.15) is 12.4 Å². The zero-order valence-electron chi connectivity index (χ0n) is 11.2. The summed E-state index contributed by atoms with van der Waals surface area (Å²) in [6, 6.07) is -0.546. The first-order valence-corrected chi connectivity index (χ1v) is 5.56. The van der Waals surface area contributed by atoms with E-state index in [0.717, 1.165) is 0 Å². The van der Waals surface area contributed by atoms with Crippen LogP contribution in [0.4, 0.5) is 0 Å². The van der Waals surface area contributed by atoms with E-state index in [2.05, 4.69) is 20.1 Å². The Labute approximate surface area is 106 Å². The standard InChI is InChI=1S/C11H18N4O3/c1-7(9(16)13-11(2,3)4)15-6-12-8(14-15)10(17)18-5/h6-7H,1-5H3,(H,13,16). The zero-order valence-corrected chi connectivity index (χ0v) is 11.2. The number of rotatable bonds is 3. The van der Waals surface area contributed by atoms with E-state index in [1.54, 1.807) is 6.92 Å². The van der Waals surface area contributed by atoms with Gasteiger partial charge >= 0.3 is 5.97 Å². The van der Waals surface area contributed by atoms with Crippen molar-refractivity contribution >= 4 is 11.9 Å². The minimum Gasteiger partial charge on any atom is -0.463 e. The Bertz CT molecular complexity index is 447. The molecule has 1 heterocycles. The first kappa shape index (κ1) is 14.1. The molecule has 1 aromatic rings. The summed E-state index contributed by atoms with van der Waals surface area (Å²) in [5, 5.41) is 6.73. The molecule has 7 nitrogen and oxygen atoms in total. The quantitative estimate of drug-likeness (QED) is 0.796. The summed E-state index contributed by atoms with van der Waals surface area (Å²) in [5.41, 5.74) is -0.322. The third-order valence-electron chi connectivity index (χ3n) is 2.15. The van der Waals surface area contributed by atoms with E-state index >= 15 is 0 Å². The minimum atomic E-state index is -0.628. The molecule has 100 valence electrons. The van der Waals surface area contributed by atoms with Crippen LogP contribution in [0.25, 0.3) is 0 Å². The Hall–Kier alpha value is -1.92. The van der Waals surface area contributed by atoms with Gasteiger partial charge in [-0.2, -0.15) is 0 Å². The van der Waals surface area contributed by atoms with Crippen molar-refractivity contribution in [2.24, 2.45) is 0 Å². The Morgan fingerprint density at radius 1 is 1.44 bits per heavy atom. The number of ether oxygens (including phenoxy) is 1. The lowest BCUT2D eigenvalue weighted by atomic mass is 10.1. The fourth-order valence-corrected chi connectivity index (χ4v) is 1.24. The molecule has 0 aromatic carbocycles. The van der Waals surface area contributed by atoms with Gasteiger partial charge in [-0.25, -0.2) is 14.5 Å². The highest BCUT2D eigenvalue weighted by atomic mass is 16.5. The van der Waals surface area contributed by atoms with Gasteiger partial charge in [0.15, 0.2) is 0 Å². The van der Waals surface area contributed by atoms with E-state index in [-0.39, 0.29) is 17.3 Å². The molecule has 0 aliphatic carbocycles. The Morgan fingerprint density at radius 3 is 2.56 bits per heavy atom. The smallest absolute Gasteiger partial charge is 0.377 e. The largest absolute Gasteiger partial charge is 0.463 e. The predicted octanol–water partition coefficient (Wildman–Crippen LogP) is 0.540. The maximum absolute atomic E-state index is 11.9. The highest BCUT2D eigenvalue weighted by molar-refractivity contribution is 5.85. The number of methoxy groups -OCH3 is 1. The van der Waals surface area contributed by atoms with E-state index in [1.165, 1.54) is 18.1 Å². The van der Waals surface area contributed by atoms with Gasteiger partial charge < -0.3 is 10.1 Å². The zero-order chi connectivity index (χ0) is 13.9. The van der Waals surface area contributed by atoms with E-state index < -0.39 is 12.0 Å². The van der Waals surface area contributed by atoms with Gasteiger partial charge in [-0.05, 0) is 27.7 Å². The van der Waals surface area contributed by atoms with E-state index in [0.29, 0.717) is 0 Å². The molecule has 1 aromatic heterocycles. The molecule has 0 spiro atoms. The number of nitrogens with one attached hydrogen (secondary N) is 1. The number of nitrogens with zero attached hydrogens (tertiary/aromatic N) is 3. The van der Waals surface area contributed by atoms with Crippen LogP contribution >= 0.6 is 0 Å². The Balaban J connectivity index is 2.78. The summed E-state index contributed by atoms with van der Waals surface area (Å²) in [4.78, 5) is 26.9. The lowest BCUT2D eigenvalue weighted by Gasteiger charge is -2.23. The van der Waals surface area contributed by atoms with Crippen LogP contribution in [0.5, 0.6) is 0 Å². The second-order valence-corrected chi connectivity index (χ2v) is 4.95. The average molecular weight is 254 g/mol. The minimum absolute atomic E-state index is 0.0621. The number of carbonyl (C=O) groups excluding carboxylic acids is 2. The van der Waals surface area contributed by atoms with Gasteiger partial charge in [-0.1, -0.05) is 0 Å². The molecular formula is C11H18N4O3. The van der Waals surface area contributed by atoms with Crippen LogP contribution in [-0.2, 0) is 9.53 Å². The summed E-state index contributed by atoms with van der Waals surface area (Å²) >= 11 is 0. The van der Waals surface area contributed by atoms with Crippen molar-refractivity contribution < 1.29 is 14.3 Å². The molecule has 0 saturated carbocycles. The number of amides is 1. The molecule has 1 rings (SSSR count). The van der Waals surface area contributed by atoms with E-state index in [9.17, 15) is 9.59 Å². The van der Waals surface area contributed by atoms with Gasteiger partial charge in [0.2, 0.25) is 5.91 Å². The van der Waals surface area contributed by atoms with Gasteiger partial charge in [-0.15, -0.1) is 5.10 Å². The van der Waals surface area contributed by atoms with Crippen molar-refractivity contribution in [2.45, 2.75) is 39.3 Å². The SMILES string of the molecule is COC(=O)c1ncn(C(C)C(=O)NC(C)(C)C)n1. The van der Waals surface area contributed by atoms with Crippen molar-refractivity contribution in [1.82, 2.24) is 20.1 Å². The molecule has 18 heavy (non-hydrogen) atoms. The summed E-state index contributed by atoms with van der Waals surface area (Å²) in [6.07, 6.45) is 1.33. The molecule has 0 aliphatic heterocycles. The Morgan fingerprint density at radius 2 is 2.06 bits per heavy atom. The number of carbonyl (C=O) groups is 2. The molecule has 7 heteroatoms. The van der Waals surface area contributed by atoms with Crippen LogP contribution in [0.1, 0.15) is 44.4 Å². The van der Waals surface area contributed by atoms with Crippen LogP contribution in [0.15, 0.2) is 6.33 Å². The number of hydrogen-bond acceptors (Lipinski definition) is 5. The monoisotopic (exact) mass is 254 g/mol. The first-order chi connectivity index (χ1) is 8.24. The van der Waals surface area contributed by atoms with Crippen molar-refractivity contribution in [1.29, 1.82) is 0 Å². The number of hydrogen-bond donors (Lipinski definition) is 1. The summed E-state index contributed by atoms with van der Waals surface area (Å²) in [5.74, 6) is -0.881. The molecule has 0 aliphatic rings. The van der Waals surface area contributed by atoms with Gasteiger partial charge in [-0.3, -0.25) is 4.79 Å². The molecule has 0 radical (unpaired) electrons. The van der Waals surface area contributed by atoms with Gasteiger partial charge in [0, 0.05) is 5.54 Å². The topological polar surface area (TPSA) is 86.1 Å². The second-order valence-electron chi connectivity index (χ2n) is 4.95. The molecule has 0 saturated heterocycles. The van der Waals surface area contributed by atoms with Crippen molar-refractivity contribution in [3.63, 3.8) is 0 Å². The molecule has 1 amide bonds. The third kappa shape index (κ3) is 3.54. The summed E-state index contributed by atoms with van der Waals surface area (Å²) < 4.78 is 5.82. The van der Waals surface area contributed by atoms with Crippen molar-refractivity contribution in [3.8, 4) is 0 Å². The van der Waals surface area contributed by atoms with E-state index in [1.807, 2.05) is 20.8 Å². The predicted molar refractivity (Wildman–Crippen MR) is 64.0 cm³/mol. The highest BCUT2D eigenvalue weighted by Gasteiger charge is 2.22. The van der Waals surface area contributed by atoms with Crippen LogP contribution < -0.4 is 5.32 Å². The Kier molecular flexibility index (Phi) is 4.05. The van der Waals surface area contributed by atoms with Gasteiger partial charge in [0.25, 0.3) is 5.82 Å². The number of aromatic nitrogens is 3. The average Bonchev–Trinajstić information content (AvgIpc) is 2.73. The van der Waals surface area contributed by atoms with Crippen LogP contribution in [0.2, 0.25) is 0 Å². The van der Waals surface area contributed by atoms with Gasteiger partial charge in [0.05, 0.1) is 7.11 Å². The maximum atomic E-state index is 11.9. The fraction of sp³-hybridized carbons (Fsp3) is 0.636. The normalized spacial score (nSPS) is 12.9. The second kappa shape index (κ2) is 5.16. The lowest BCUT2D eigenvalue weighted by molar-refractivity contribution is -0.125. The lowest BCUT2D eigenvalue weighted by Crippen LogP contribution is -2.43. The third-order valence-corrected chi connectivity index (χ3v) is 2.15. The van der Waals surface area contributed by atoms with E-state index in [4.69, 9.17) is 0 Å². The van der Waals surface area contributed by atoms with Crippen molar-refractivity contribution in [3.05, 3.63) is 12.2 Å².